The van der Waals surface area contributed by atoms with E-state index in [0.29, 0.717) is 43.7 Å². The smallest absolute Gasteiger partial charge is 0.389 e. The van der Waals surface area contributed by atoms with E-state index in [-0.39, 0.29) is 43.2 Å². The molecule has 45 heavy (non-hydrogen) atoms. The van der Waals surface area contributed by atoms with Crippen molar-refractivity contribution >= 4 is 23.4 Å². The number of benzene rings is 1. The van der Waals surface area contributed by atoms with Crippen molar-refractivity contribution in [3.8, 4) is 5.75 Å². The molecule has 0 unspecified atom stereocenters. The average molecular weight is 645 g/mol. The van der Waals surface area contributed by atoms with Gasteiger partial charge in [-0.15, -0.1) is 0 Å². The van der Waals surface area contributed by atoms with Gasteiger partial charge in [0.2, 0.25) is 11.8 Å². The third-order valence-corrected chi connectivity index (χ3v) is 7.85. The van der Waals surface area contributed by atoms with E-state index in [2.05, 4.69) is 5.32 Å². The summed E-state index contributed by atoms with van der Waals surface area (Å²) in [6.07, 6.45) is -3.97. The second-order valence-electron chi connectivity index (χ2n) is 12.4. The van der Waals surface area contributed by atoms with Crippen LogP contribution in [0.2, 0.25) is 0 Å². The van der Waals surface area contributed by atoms with Crippen LogP contribution in [0.1, 0.15) is 76.1 Å². The molecule has 1 aromatic carbocycles. The maximum atomic E-state index is 14.2. The molecule has 0 saturated carbocycles. The number of nitrogens with zero attached hydrogens (tertiary/aromatic N) is 3. The third kappa shape index (κ3) is 13.5. The Bertz CT molecular complexity index is 1100. The minimum atomic E-state index is -4.43. The Morgan fingerprint density at radius 2 is 1.87 bits per heavy atom. The molecule has 0 spiro atoms. The molecule has 0 aliphatic carbocycles. The number of ether oxygens (including phenoxy) is 2. The number of hydrogen-bond acceptors (Lipinski definition) is 7. The molecule has 0 saturated heterocycles. The number of likely N-dealkylation sites (N-methyl/N-ethyl adjacent to an activating group) is 1. The highest BCUT2D eigenvalue weighted by atomic mass is 19.4. The molecule has 0 aromatic heterocycles. The number of carbonyl (C=O) groups is 3. The number of amides is 3. The molecular weight excluding hydrogens is 593 g/mol. The Kier molecular flexibility index (Phi) is 15.6. The molecule has 13 heteroatoms. The van der Waals surface area contributed by atoms with Crippen LogP contribution in [0.3, 0.4) is 0 Å². The predicted molar refractivity (Wildman–Crippen MR) is 166 cm³/mol. The lowest BCUT2D eigenvalue weighted by molar-refractivity contribution is -0.149. The molecule has 10 nitrogen and oxygen atoms in total. The summed E-state index contributed by atoms with van der Waals surface area (Å²) in [5, 5.41) is 13.0. The third-order valence-electron chi connectivity index (χ3n) is 7.85. The summed E-state index contributed by atoms with van der Waals surface area (Å²) < 4.78 is 50.5. The Morgan fingerprint density at radius 3 is 2.51 bits per heavy atom. The summed E-state index contributed by atoms with van der Waals surface area (Å²) in [6, 6.07) is 4.35. The molecule has 1 aliphatic rings. The molecule has 2 N–H and O–H groups in total. The number of alkyl halides is 3. The van der Waals surface area contributed by atoms with Crippen LogP contribution in [0, 0.1) is 5.92 Å². The standard InChI is InChI=1S/C32H51F3N4O6/c1-22-19-39(23(2)21-40)31(43)26-18-25(36-29(41)11-9-16-37(4)5)12-13-27(26)45-24(3)10-7-8-17-44-28(22)20-38(6)30(42)14-15-32(33,34)35/h12-13,18,22-24,28,40H,7-11,14-17,19-21H2,1-6H3,(H,36,41)/t22-,23+,24-,28+/m1/s1. The molecule has 0 fully saturated rings. The van der Waals surface area contributed by atoms with Crippen LogP contribution in [-0.2, 0) is 14.3 Å². The lowest BCUT2D eigenvalue weighted by Gasteiger charge is -2.36. The van der Waals surface area contributed by atoms with Gasteiger partial charge in [0.25, 0.3) is 5.91 Å². The summed E-state index contributed by atoms with van der Waals surface area (Å²) in [6.45, 7) is 6.44. The van der Waals surface area contributed by atoms with Gasteiger partial charge in [-0.05, 0) is 78.4 Å². The van der Waals surface area contributed by atoms with Gasteiger partial charge in [-0.1, -0.05) is 6.92 Å². The van der Waals surface area contributed by atoms with E-state index in [1.807, 2.05) is 32.8 Å². The number of halogens is 3. The minimum absolute atomic E-state index is 0.0491. The Morgan fingerprint density at radius 1 is 1.16 bits per heavy atom. The molecule has 0 radical (unpaired) electrons. The van der Waals surface area contributed by atoms with Crippen LogP contribution in [0.4, 0.5) is 18.9 Å². The molecule has 0 bridgehead atoms. The first kappa shape index (κ1) is 38.3. The van der Waals surface area contributed by atoms with Crippen molar-refractivity contribution < 1.29 is 42.1 Å². The molecule has 1 aliphatic heterocycles. The van der Waals surface area contributed by atoms with E-state index in [1.165, 1.54) is 16.8 Å². The first-order chi connectivity index (χ1) is 21.1. The van der Waals surface area contributed by atoms with Crippen LogP contribution >= 0.6 is 0 Å². The molecule has 1 aromatic rings. The largest absolute Gasteiger partial charge is 0.490 e. The number of nitrogens with one attached hydrogen (secondary N) is 1. The average Bonchev–Trinajstić information content (AvgIpc) is 2.96. The molecule has 256 valence electrons. The topological polar surface area (TPSA) is 112 Å². The SMILES string of the molecule is C[C@@H]1CCCCO[C@@H](CN(C)C(=O)CCC(F)(F)F)[C@H](C)CN([C@@H](C)CO)C(=O)c2cc(NC(=O)CCCN(C)C)ccc2O1. The van der Waals surface area contributed by atoms with Gasteiger partial charge in [0.15, 0.2) is 0 Å². The fourth-order valence-corrected chi connectivity index (χ4v) is 5.05. The van der Waals surface area contributed by atoms with Gasteiger partial charge in [0.1, 0.15) is 5.75 Å². The van der Waals surface area contributed by atoms with Crippen LogP contribution in [0.5, 0.6) is 5.75 Å². The lowest BCUT2D eigenvalue weighted by Crippen LogP contribution is -2.48. The van der Waals surface area contributed by atoms with E-state index in [1.54, 1.807) is 25.1 Å². The molecular formula is C32H51F3N4O6. The van der Waals surface area contributed by atoms with E-state index >= 15 is 0 Å². The number of hydrogen-bond donors (Lipinski definition) is 2. The summed E-state index contributed by atoms with van der Waals surface area (Å²) in [5.41, 5.74) is 0.675. The first-order valence-electron chi connectivity index (χ1n) is 15.7. The van der Waals surface area contributed by atoms with Gasteiger partial charge in [-0.25, -0.2) is 0 Å². The maximum absolute atomic E-state index is 14.2. The highest BCUT2D eigenvalue weighted by molar-refractivity contribution is 5.99. The number of anilines is 1. The summed E-state index contributed by atoms with van der Waals surface area (Å²) in [5.74, 6) is -1.23. The van der Waals surface area contributed by atoms with Gasteiger partial charge in [0, 0.05) is 51.2 Å². The van der Waals surface area contributed by atoms with Gasteiger partial charge >= 0.3 is 6.18 Å². The van der Waals surface area contributed by atoms with E-state index in [4.69, 9.17) is 9.47 Å². The molecule has 1 heterocycles. The molecule has 2 rings (SSSR count). The Labute approximate surface area is 265 Å². The second-order valence-corrected chi connectivity index (χ2v) is 12.4. The van der Waals surface area contributed by atoms with Crippen LogP contribution in [0.15, 0.2) is 18.2 Å². The summed E-state index contributed by atoms with van der Waals surface area (Å²) in [7, 11) is 5.32. The fourth-order valence-electron chi connectivity index (χ4n) is 5.05. The second kappa shape index (κ2) is 18.3. The van der Waals surface area contributed by atoms with Crippen molar-refractivity contribution in [1.29, 1.82) is 0 Å². The van der Waals surface area contributed by atoms with Crippen molar-refractivity contribution in [3.63, 3.8) is 0 Å². The summed E-state index contributed by atoms with van der Waals surface area (Å²) >= 11 is 0. The number of aliphatic hydroxyl groups excluding tert-OH is 1. The van der Waals surface area contributed by atoms with Crippen LogP contribution < -0.4 is 10.1 Å². The van der Waals surface area contributed by atoms with Crippen molar-refractivity contribution in [2.45, 2.75) is 90.1 Å². The Hall–Kier alpha value is -2.90. The summed E-state index contributed by atoms with van der Waals surface area (Å²) in [4.78, 5) is 44.0. The normalized spacial score (nSPS) is 21.0. The van der Waals surface area contributed by atoms with Gasteiger partial charge in [-0.2, -0.15) is 13.2 Å². The van der Waals surface area contributed by atoms with Crippen molar-refractivity contribution in [2.24, 2.45) is 5.92 Å². The molecule has 3 amide bonds. The van der Waals surface area contributed by atoms with Crippen molar-refractivity contribution in [1.82, 2.24) is 14.7 Å². The lowest BCUT2D eigenvalue weighted by atomic mass is 10.0. The number of aliphatic hydroxyl groups is 1. The van der Waals surface area contributed by atoms with Crippen LogP contribution in [-0.4, -0.2) is 116 Å². The van der Waals surface area contributed by atoms with E-state index < -0.39 is 43.0 Å². The zero-order valence-electron chi connectivity index (χ0n) is 27.5. The van der Waals surface area contributed by atoms with Gasteiger partial charge in [-0.3, -0.25) is 14.4 Å². The number of rotatable bonds is 11. The van der Waals surface area contributed by atoms with Crippen molar-refractivity contribution in [3.05, 3.63) is 23.8 Å². The minimum Gasteiger partial charge on any atom is -0.490 e. The van der Waals surface area contributed by atoms with Gasteiger partial charge < -0.3 is 34.6 Å². The van der Waals surface area contributed by atoms with Crippen molar-refractivity contribution in [2.75, 3.05) is 59.3 Å². The Balaban J connectivity index is 2.37. The highest BCUT2D eigenvalue weighted by Gasteiger charge is 2.32. The van der Waals surface area contributed by atoms with E-state index in [0.717, 1.165) is 13.0 Å². The van der Waals surface area contributed by atoms with E-state index in [9.17, 15) is 32.7 Å². The molecule has 4 atom stereocenters. The highest BCUT2D eigenvalue weighted by Crippen LogP contribution is 2.29. The monoisotopic (exact) mass is 644 g/mol. The zero-order chi connectivity index (χ0) is 33.7. The number of fused-ring (bicyclic) bond motifs is 1. The fraction of sp³-hybridized carbons (Fsp3) is 0.719. The quantitative estimate of drug-likeness (QED) is 0.363. The van der Waals surface area contributed by atoms with Crippen LogP contribution in [0.25, 0.3) is 0 Å². The van der Waals surface area contributed by atoms with Gasteiger partial charge in [0.05, 0.1) is 36.8 Å². The zero-order valence-corrected chi connectivity index (χ0v) is 27.5. The first-order valence-corrected chi connectivity index (χ1v) is 15.7. The predicted octanol–water partition coefficient (Wildman–Crippen LogP) is 4.56. The number of carbonyl (C=O) groups excluding carboxylic acids is 3. The maximum Gasteiger partial charge on any atom is 0.389 e.